The number of aromatic nitrogens is 4. The van der Waals surface area contributed by atoms with Crippen molar-refractivity contribution in [1.82, 2.24) is 25.3 Å². The quantitative estimate of drug-likeness (QED) is 0.840. The number of hydrogen-bond acceptors (Lipinski definition) is 5. The maximum absolute atomic E-state index is 12.1. The minimum atomic E-state index is -0.166. The van der Waals surface area contributed by atoms with E-state index in [4.69, 9.17) is 5.73 Å². The molecule has 0 aromatic carbocycles. The summed E-state index contributed by atoms with van der Waals surface area (Å²) in [6, 6.07) is 3.35. The van der Waals surface area contributed by atoms with Crippen LogP contribution < -0.4 is 11.1 Å². The van der Waals surface area contributed by atoms with E-state index in [1.807, 2.05) is 13.8 Å². The van der Waals surface area contributed by atoms with Gasteiger partial charge < -0.3 is 11.1 Å². The molecule has 0 saturated heterocycles. The van der Waals surface area contributed by atoms with Crippen LogP contribution in [0.1, 0.15) is 35.8 Å². The van der Waals surface area contributed by atoms with Crippen molar-refractivity contribution >= 4 is 11.7 Å². The highest BCUT2D eigenvalue weighted by Crippen LogP contribution is 2.15. The van der Waals surface area contributed by atoms with Gasteiger partial charge in [-0.1, -0.05) is 19.1 Å². The molecule has 0 aliphatic heterocycles. The molecule has 2 aromatic heterocycles. The normalized spacial score (nSPS) is 10.8. The Balaban J connectivity index is 1.98. The Kier molecular flexibility index (Phi) is 4.29. The van der Waals surface area contributed by atoms with Crippen LogP contribution in [0.4, 0.5) is 5.82 Å². The third kappa shape index (κ3) is 3.53. The largest absolute Gasteiger partial charge is 0.384 e. The fraction of sp³-hybridized carbons (Fsp3) is 0.385. The second-order valence-corrected chi connectivity index (χ2v) is 4.78. The molecular weight excluding hydrogens is 256 g/mol. The summed E-state index contributed by atoms with van der Waals surface area (Å²) in [6.07, 6.45) is 3.34. The number of nitrogen functional groups attached to an aromatic ring is 1. The number of anilines is 1. The maximum Gasteiger partial charge on any atom is 0.251 e. The predicted octanol–water partition coefficient (Wildman–Crippen LogP) is 0.809. The summed E-state index contributed by atoms with van der Waals surface area (Å²) in [5.41, 5.74) is 7.07. The minimum absolute atomic E-state index is 0.166. The van der Waals surface area contributed by atoms with Gasteiger partial charge in [0.05, 0.1) is 12.7 Å². The van der Waals surface area contributed by atoms with E-state index in [-0.39, 0.29) is 11.8 Å². The third-order valence-corrected chi connectivity index (χ3v) is 2.82. The van der Waals surface area contributed by atoms with Crippen LogP contribution in [0.3, 0.4) is 0 Å². The first kappa shape index (κ1) is 14.0. The smallest absolute Gasteiger partial charge is 0.251 e. The Morgan fingerprint density at radius 2 is 2.25 bits per heavy atom. The minimum Gasteiger partial charge on any atom is -0.384 e. The zero-order chi connectivity index (χ0) is 14.5. The predicted molar refractivity (Wildman–Crippen MR) is 75.1 cm³/mol. The first-order valence-electron chi connectivity index (χ1n) is 6.46. The van der Waals surface area contributed by atoms with Crippen LogP contribution in [-0.4, -0.2) is 32.4 Å². The lowest BCUT2D eigenvalue weighted by atomic mass is 10.1. The molecule has 2 heterocycles. The van der Waals surface area contributed by atoms with Crippen molar-refractivity contribution in [3.63, 3.8) is 0 Å². The van der Waals surface area contributed by atoms with Gasteiger partial charge in [0.1, 0.15) is 5.82 Å². The number of pyridine rings is 1. The Morgan fingerprint density at radius 3 is 2.90 bits per heavy atom. The Labute approximate surface area is 117 Å². The van der Waals surface area contributed by atoms with Gasteiger partial charge in [-0.05, 0) is 18.1 Å². The highest BCUT2D eigenvalue weighted by Gasteiger charge is 2.10. The molecule has 2 aromatic rings. The average molecular weight is 274 g/mol. The van der Waals surface area contributed by atoms with E-state index in [9.17, 15) is 4.79 Å². The molecule has 0 aliphatic carbocycles. The SMILES string of the molecule is CC(C)c1cc(C(=O)NCCn2ccnn2)cc(N)n1. The molecule has 0 spiro atoms. The first-order valence-corrected chi connectivity index (χ1v) is 6.46. The molecule has 20 heavy (non-hydrogen) atoms. The molecule has 0 saturated carbocycles. The number of rotatable bonds is 5. The van der Waals surface area contributed by atoms with Crippen molar-refractivity contribution in [2.45, 2.75) is 26.3 Å². The zero-order valence-electron chi connectivity index (χ0n) is 11.6. The Hall–Kier alpha value is -2.44. The van der Waals surface area contributed by atoms with E-state index in [1.54, 1.807) is 29.2 Å². The average Bonchev–Trinajstić information content (AvgIpc) is 2.91. The number of nitrogens with two attached hydrogens (primary N) is 1. The molecule has 0 unspecified atom stereocenters. The van der Waals surface area contributed by atoms with Crippen LogP contribution >= 0.6 is 0 Å². The van der Waals surface area contributed by atoms with Crippen molar-refractivity contribution in [3.05, 3.63) is 35.8 Å². The van der Waals surface area contributed by atoms with Crippen molar-refractivity contribution in [2.75, 3.05) is 12.3 Å². The molecule has 2 rings (SSSR count). The van der Waals surface area contributed by atoms with Gasteiger partial charge >= 0.3 is 0 Å². The standard InChI is InChI=1S/C13H18N6O/c1-9(2)11-7-10(8-12(14)17-11)13(20)15-3-5-19-6-4-16-18-19/h4,6-9H,3,5H2,1-2H3,(H2,14,17)(H,15,20). The number of amides is 1. The summed E-state index contributed by atoms with van der Waals surface area (Å²) in [4.78, 5) is 16.3. The lowest BCUT2D eigenvalue weighted by Gasteiger charge is -2.09. The fourth-order valence-electron chi connectivity index (χ4n) is 1.74. The topological polar surface area (TPSA) is 98.7 Å². The summed E-state index contributed by atoms with van der Waals surface area (Å²) in [5.74, 6) is 0.416. The van der Waals surface area contributed by atoms with Gasteiger partial charge in [0, 0.05) is 24.0 Å². The zero-order valence-corrected chi connectivity index (χ0v) is 11.6. The second-order valence-electron chi connectivity index (χ2n) is 4.78. The molecule has 0 bridgehead atoms. The monoisotopic (exact) mass is 274 g/mol. The van der Waals surface area contributed by atoms with Crippen LogP contribution in [0.25, 0.3) is 0 Å². The molecule has 106 valence electrons. The summed E-state index contributed by atoms with van der Waals surface area (Å²) in [5, 5.41) is 10.3. The van der Waals surface area contributed by atoms with Gasteiger partial charge in [0.25, 0.3) is 5.91 Å². The lowest BCUT2D eigenvalue weighted by molar-refractivity contribution is 0.0951. The molecule has 7 nitrogen and oxygen atoms in total. The molecule has 7 heteroatoms. The van der Waals surface area contributed by atoms with Crippen LogP contribution in [0, 0.1) is 0 Å². The van der Waals surface area contributed by atoms with E-state index >= 15 is 0 Å². The highest BCUT2D eigenvalue weighted by molar-refractivity contribution is 5.94. The molecule has 0 atom stereocenters. The Morgan fingerprint density at radius 1 is 1.45 bits per heavy atom. The second kappa shape index (κ2) is 6.14. The molecule has 0 radical (unpaired) electrons. The number of nitrogens with one attached hydrogen (secondary N) is 1. The van der Waals surface area contributed by atoms with E-state index in [2.05, 4.69) is 20.6 Å². The van der Waals surface area contributed by atoms with Crippen LogP contribution in [-0.2, 0) is 6.54 Å². The van der Waals surface area contributed by atoms with Crippen molar-refractivity contribution < 1.29 is 4.79 Å². The van der Waals surface area contributed by atoms with Gasteiger partial charge in [-0.15, -0.1) is 5.10 Å². The summed E-state index contributed by atoms with van der Waals surface area (Å²) in [6.45, 7) is 5.06. The maximum atomic E-state index is 12.1. The molecule has 3 N–H and O–H groups in total. The Bertz CT molecular complexity index is 579. The summed E-state index contributed by atoms with van der Waals surface area (Å²) in [7, 11) is 0. The van der Waals surface area contributed by atoms with Gasteiger partial charge in [-0.25, -0.2) is 4.98 Å². The summed E-state index contributed by atoms with van der Waals surface area (Å²) < 4.78 is 1.65. The number of carbonyl (C=O) groups is 1. The number of carbonyl (C=O) groups excluding carboxylic acids is 1. The van der Waals surface area contributed by atoms with Crippen molar-refractivity contribution in [1.29, 1.82) is 0 Å². The van der Waals surface area contributed by atoms with Gasteiger partial charge in [0.2, 0.25) is 0 Å². The molecular formula is C13H18N6O. The van der Waals surface area contributed by atoms with E-state index < -0.39 is 0 Å². The molecule has 0 aliphatic rings. The fourth-order valence-corrected chi connectivity index (χ4v) is 1.74. The van der Waals surface area contributed by atoms with Crippen molar-refractivity contribution in [2.24, 2.45) is 0 Å². The van der Waals surface area contributed by atoms with E-state index in [0.717, 1.165) is 5.69 Å². The van der Waals surface area contributed by atoms with Crippen LogP contribution in [0.2, 0.25) is 0 Å². The number of hydrogen-bond donors (Lipinski definition) is 2. The first-order chi connectivity index (χ1) is 9.56. The van der Waals surface area contributed by atoms with Gasteiger partial charge in [-0.3, -0.25) is 9.48 Å². The number of nitrogens with zero attached hydrogens (tertiary/aromatic N) is 4. The van der Waals surface area contributed by atoms with E-state index in [0.29, 0.717) is 24.5 Å². The van der Waals surface area contributed by atoms with Crippen molar-refractivity contribution in [3.8, 4) is 0 Å². The van der Waals surface area contributed by atoms with Gasteiger partial charge in [-0.2, -0.15) is 0 Å². The van der Waals surface area contributed by atoms with E-state index in [1.165, 1.54) is 0 Å². The lowest BCUT2D eigenvalue weighted by Crippen LogP contribution is -2.27. The molecule has 0 fully saturated rings. The van der Waals surface area contributed by atoms with Gasteiger partial charge in [0.15, 0.2) is 0 Å². The third-order valence-electron chi connectivity index (χ3n) is 2.82. The highest BCUT2D eigenvalue weighted by atomic mass is 16.1. The summed E-state index contributed by atoms with van der Waals surface area (Å²) >= 11 is 0. The molecule has 1 amide bonds. The van der Waals surface area contributed by atoms with Crippen LogP contribution in [0.15, 0.2) is 24.5 Å². The van der Waals surface area contributed by atoms with Crippen LogP contribution in [0.5, 0.6) is 0 Å².